The number of aryl methyl sites for hydroxylation is 1. The van der Waals surface area contributed by atoms with Crippen molar-refractivity contribution in [1.29, 1.82) is 0 Å². The van der Waals surface area contributed by atoms with Gasteiger partial charge in [-0.25, -0.2) is 0 Å². The Balaban J connectivity index is 2.73. The van der Waals surface area contributed by atoms with E-state index >= 15 is 0 Å². The molecule has 122 valence electrons. The molecule has 3 nitrogen and oxygen atoms in total. The van der Waals surface area contributed by atoms with Crippen molar-refractivity contribution >= 4 is 6.29 Å². The zero-order valence-corrected chi connectivity index (χ0v) is 14.4. The van der Waals surface area contributed by atoms with Crippen molar-refractivity contribution in [2.75, 3.05) is 14.2 Å². The summed E-state index contributed by atoms with van der Waals surface area (Å²) >= 11 is 0. The fourth-order valence-electron chi connectivity index (χ4n) is 3.07. The van der Waals surface area contributed by atoms with Crippen molar-refractivity contribution in [2.24, 2.45) is 5.41 Å². The molecule has 0 bridgehead atoms. The second-order valence-corrected chi connectivity index (χ2v) is 6.34. The Kier molecular flexibility index (Phi) is 5.09. The van der Waals surface area contributed by atoms with E-state index in [9.17, 15) is 4.79 Å². The molecule has 23 heavy (non-hydrogen) atoms. The first kappa shape index (κ1) is 17.1. The summed E-state index contributed by atoms with van der Waals surface area (Å²) in [4.78, 5) is 11.8. The van der Waals surface area contributed by atoms with E-state index in [1.54, 1.807) is 14.2 Å². The smallest absolute Gasteiger partial charge is 0.126 e. The summed E-state index contributed by atoms with van der Waals surface area (Å²) in [6, 6.07) is 13.9. The van der Waals surface area contributed by atoms with Crippen LogP contribution in [0.5, 0.6) is 11.5 Å². The second-order valence-electron chi connectivity index (χ2n) is 6.34. The van der Waals surface area contributed by atoms with E-state index in [1.807, 2.05) is 51.1 Å². The number of benzene rings is 2. The van der Waals surface area contributed by atoms with Gasteiger partial charge in [-0.15, -0.1) is 0 Å². The van der Waals surface area contributed by atoms with Crippen LogP contribution in [0.3, 0.4) is 0 Å². The number of methoxy groups -OCH3 is 2. The molecule has 0 aromatic heterocycles. The van der Waals surface area contributed by atoms with Gasteiger partial charge in [0.25, 0.3) is 0 Å². The molecule has 0 aliphatic rings. The Morgan fingerprint density at radius 1 is 1.04 bits per heavy atom. The lowest BCUT2D eigenvalue weighted by Gasteiger charge is -2.32. The maximum Gasteiger partial charge on any atom is 0.126 e. The Morgan fingerprint density at radius 2 is 1.70 bits per heavy atom. The average molecular weight is 312 g/mol. The number of rotatable bonds is 6. The van der Waals surface area contributed by atoms with Gasteiger partial charge in [-0.2, -0.15) is 0 Å². The van der Waals surface area contributed by atoms with Gasteiger partial charge in [-0.1, -0.05) is 44.2 Å². The van der Waals surface area contributed by atoms with Crippen LogP contribution in [0.1, 0.15) is 36.5 Å². The Morgan fingerprint density at radius 3 is 2.22 bits per heavy atom. The van der Waals surface area contributed by atoms with Crippen LogP contribution in [0.15, 0.2) is 42.5 Å². The molecule has 1 unspecified atom stereocenters. The van der Waals surface area contributed by atoms with E-state index in [-0.39, 0.29) is 5.92 Å². The van der Waals surface area contributed by atoms with Crippen LogP contribution in [0.2, 0.25) is 0 Å². The van der Waals surface area contributed by atoms with Crippen molar-refractivity contribution in [1.82, 2.24) is 0 Å². The third-order valence-corrected chi connectivity index (χ3v) is 4.25. The summed E-state index contributed by atoms with van der Waals surface area (Å²) in [6.07, 6.45) is 1.02. The fraction of sp³-hybridized carbons (Fsp3) is 0.350. The highest BCUT2D eigenvalue weighted by Gasteiger charge is 2.35. The van der Waals surface area contributed by atoms with E-state index in [2.05, 4.69) is 12.1 Å². The van der Waals surface area contributed by atoms with Crippen LogP contribution in [-0.2, 0) is 4.79 Å². The van der Waals surface area contributed by atoms with Crippen molar-refractivity contribution in [3.8, 4) is 11.5 Å². The largest absolute Gasteiger partial charge is 0.497 e. The molecular weight excluding hydrogens is 288 g/mol. The van der Waals surface area contributed by atoms with Crippen LogP contribution < -0.4 is 9.47 Å². The highest BCUT2D eigenvalue weighted by Crippen LogP contribution is 2.45. The van der Waals surface area contributed by atoms with Gasteiger partial charge >= 0.3 is 0 Å². The molecular formula is C20H24O3. The molecule has 0 saturated heterocycles. The van der Waals surface area contributed by atoms with Gasteiger partial charge in [0.05, 0.1) is 14.2 Å². The molecule has 0 saturated carbocycles. The van der Waals surface area contributed by atoms with Gasteiger partial charge in [0.2, 0.25) is 0 Å². The average Bonchev–Trinajstić information content (AvgIpc) is 2.57. The van der Waals surface area contributed by atoms with Gasteiger partial charge < -0.3 is 14.3 Å². The van der Waals surface area contributed by atoms with Crippen LogP contribution in [-0.4, -0.2) is 20.5 Å². The van der Waals surface area contributed by atoms with Crippen LogP contribution in [0, 0.1) is 12.3 Å². The predicted molar refractivity (Wildman–Crippen MR) is 92.4 cm³/mol. The van der Waals surface area contributed by atoms with Gasteiger partial charge in [0, 0.05) is 23.0 Å². The highest BCUT2D eigenvalue weighted by molar-refractivity contribution is 5.65. The molecule has 0 aliphatic heterocycles. The Labute approximate surface area is 138 Å². The van der Waals surface area contributed by atoms with E-state index in [0.717, 1.165) is 34.5 Å². The number of hydrogen-bond donors (Lipinski definition) is 0. The number of hydrogen-bond acceptors (Lipinski definition) is 3. The van der Waals surface area contributed by atoms with Gasteiger partial charge in [-0.05, 0) is 24.1 Å². The summed E-state index contributed by atoms with van der Waals surface area (Å²) in [5.74, 6) is 1.39. The fourth-order valence-corrected chi connectivity index (χ4v) is 3.07. The topological polar surface area (TPSA) is 35.5 Å². The third-order valence-electron chi connectivity index (χ3n) is 4.25. The molecule has 0 heterocycles. The molecule has 0 N–H and O–H groups in total. The molecule has 1 atom stereocenters. The van der Waals surface area contributed by atoms with Crippen LogP contribution in [0.25, 0.3) is 0 Å². The molecule has 2 rings (SSSR count). The normalized spacial score (nSPS) is 12.6. The lowest BCUT2D eigenvalue weighted by atomic mass is 9.71. The summed E-state index contributed by atoms with van der Waals surface area (Å²) in [5, 5.41) is 0. The first-order valence-electron chi connectivity index (χ1n) is 7.68. The molecule has 2 aromatic carbocycles. The quantitative estimate of drug-likeness (QED) is 0.743. The minimum Gasteiger partial charge on any atom is -0.497 e. The van der Waals surface area contributed by atoms with Gasteiger partial charge in [-0.3, -0.25) is 0 Å². The van der Waals surface area contributed by atoms with Crippen molar-refractivity contribution in [3.05, 3.63) is 59.2 Å². The standard InChI is InChI=1S/C20H24O3/c1-14-11-16(22-4)12-17(23-5)18(14)19(20(2,3)13-21)15-9-7-6-8-10-15/h6-13,19H,1-5H3. The summed E-state index contributed by atoms with van der Waals surface area (Å²) in [6.45, 7) is 5.94. The van der Waals surface area contributed by atoms with E-state index in [0.29, 0.717) is 0 Å². The molecule has 2 aromatic rings. The second kappa shape index (κ2) is 6.86. The highest BCUT2D eigenvalue weighted by atomic mass is 16.5. The first-order valence-corrected chi connectivity index (χ1v) is 7.68. The van der Waals surface area contributed by atoms with Crippen molar-refractivity contribution < 1.29 is 14.3 Å². The zero-order valence-electron chi connectivity index (χ0n) is 14.4. The summed E-state index contributed by atoms with van der Waals surface area (Å²) in [7, 11) is 3.28. The van der Waals surface area contributed by atoms with Crippen molar-refractivity contribution in [2.45, 2.75) is 26.7 Å². The molecule has 0 aliphatic carbocycles. The zero-order chi connectivity index (χ0) is 17.0. The Hall–Kier alpha value is -2.29. The van der Waals surface area contributed by atoms with Gasteiger partial charge in [0.15, 0.2) is 0 Å². The first-order chi connectivity index (χ1) is 10.9. The predicted octanol–water partition coefficient (Wildman–Crippen LogP) is 4.37. The molecule has 3 heteroatoms. The number of ether oxygens (including phenoxy) is 2. The summed E-state index contributed by atoms with van der Waals surface area (Å²) in [5.41, 5.74) is 2.60. The minimum absolute atomic E-state index is 0.0953. The maximum atomic E-state index is 11.8. The monoisotopic (exact) mass is 312 g/mol. The molecule has 0 radical (unpaired) electrons. The van der Waals surface area contributed by atoms with Gasteiger partial charge in [0.1, 0.15) is 17.8 Å². The minimum atomic E-state index is -0.562. The van der Waals surface area contributed by atoms with E-state index in [4.69, 9.17) is 9.47 Å². The lowest BCUT2D eigenvalue weighted by Crippen LogP contribution is -2.26. The van der Waals surface area contributed by atoms with E-state index < -0.39 is 5.41 Å². The molecule has 0 spiro atoms. The molecule has 0 amide bonds. The third kappa shape index (κ3) is 3.39. The SMILES string of the molecule is COc1cc(C)c(C(c2ccccc2)C(C)(C)C=O)c(OC)c1. The number of carbonyl (C=O) groups is 1. The number of aldehydes is 1. The molecule has 0 fully saturated rings. The van der Waals surface area contributed by atoms with Crippen LogP contribution in [0.4, 0.5) is 0 Å². The maximum absolute atomic E-state index is 11.8. The van der Waals surface area contributed by atoms with Crippen molar-refractivity contribution in [3.63, 3.8) is 0 Å². The Bertz CT molecular complexity index is 675. The lowest BCUT2D eigenvalue weighted by molar-refractivity contribution is -0.115. The number of carbonyl (C=O) groups excluding carboxylic acids is 1. The van der Waals surface area contributed by atoms with Crippen LogP contribution >= 0.6 is 0 Å². The van der Waals surface area contributed by atoms with E-state index in [1.165, 1.54) is 0 Å². The summed E-state index contributed by atoms with van der Waals surface area (Å²) < 4.78 is 11.0.